The smallest absolute Gasteiger partial charge is 0.255 e. The van der Waals surface area contributed by atoms with Crippen molar-refractivity contribution < 1.29 is 18.0 Å². The number of fused-ring (bicyclic) bond motifs is 2. The van der Waals surface area contributed by atoms with Gasteiger partial charge in [-0.3, -0.25) is 4.79 Å². The number of hydrogen-bond donors (Lipinski definition) is 2. The highest BCUT2D eigenvalue weighted by molar-refractivity contribution is 6.18. The van der Waals surface area contributed by atoms with Crippen LogP contribution in [0.3, 0.4) is 0 Å². The molecule has 0 saturated heterocycles. The van der Waals surface area contributed by atoms with Crippen molar-refractivity contribution in [1.29, 1.82) is 0 Å². The number of amides is 1. The lowest BCUT2D eigenvalue weighted by molar-refractivity contribution is 0.0932. The molecule has 1 unspecified atom stereocenters. The van der Waals surface area contributed by atoms with Crippen LogP contribution in [0.1, 0.15) is 22.8 Å². The second-order valence-corrected chi connectivity index (χ2v) is 11.4. The number of nitrogens with zero attached hydrogens (tertiary/aromatic N) is 4. The molecule has 3 heterocycles. The molecule has 1 amide bonds. The molecule has 1 atom stereocenters. The van der Waals surface area contributed by atoms with Crippen molar-refractivity contribution in [3.8, 4) is 11.1 Å². The molecule has 5 aromatic rings. The van der Waals surface area contributed by atoms with E-state index in [0.717, 1.165) is 27.6 Å². The third-order valence-corrected chi connectivity index (χ3v) is 7.12. The summed E-state index contributed by atoms with van der Waals surface area (Å²) >= 11 is 0. The van der Waals surface area contributed by atoms with E-state index in [1.807, 2.05) is 54.9 Å². The molecule has 190 valence electrons. The van der Waals surface area contributed by atoms with Crippen molar-refractivity contribution in [3.05, 3.63) is 83.9 Å². The van der Waals surface area contributed by atoms with Crippen molar-refractivity contribution in [3.63, 3.8) is 0 Å². The zero-order valence-electron chi connectivity index (χ0n) is 20.5. The summed E-state index contributed by atoms with van der Waals surface area (Å²) in [7, 11) is 2.45. The number of halogens is 3. The molecule has 0 aliphatic rings. The van der Waals surface area contributed by atoms with E-state index in [4.69, 9.17) is 0 Å². The average molecular weight is 523 g/mol. The Morgan fingerprint density at radius 1 is 1.14 bits per heavy atom. The minimum Gasteiger partial charge on any atom is -0.350 e. The summed E-state index contributed by atoms with van der Waals surface area (Å²) in [5.41, 5.74) is 4.32. The van der Waals surface area contributed by atoms with Crippen LogP contribution in [0.15, 0.2) is 67.0 Å². The SMILES string of the molecule is Cn1cc(C(=O)NC(C)([SiH3])c2cccc(F)c2)c2cc(-c3ccn4nc(NCC(F)F)nc4c3)ccc21. The third kappa shape index (κ3) is 4.94. The zero-order chi connectivity index (χ0) is 26.3. The molecule has 37 heavy (non-hydrogen) atoms. The molecule has 7 nitrogen and oxygen atoms in total. The topological polar surface area (TPSA) is 76.2 Å². The summed E-state index contributed by atoms with van der Waals surface area (Å²) in [5, 5.41) is 9.88. The van der Waals surface area contributed by atoms with Gasteiger partial charge in [-0.1, -0.05) is 18.2 Å². The molecule has 0 fully saturated rings. The fourth-order valence-corrected chi connectivity index (χ4v) is 4.90. The number of aryl methyl sites for hydroxylation is 1. The van der Waals surface area contributed by atoms with Crippen molar-refractivity contribution in [2.24, 2.45) is 7.05 Å². The number of benzene rings is 2. The van der Waals surface area contributed by atoms with E-state index in [2.05, 4.69) is 20.7 Å². The van der Waals surface area contributed by atoms with Crippen molar-refractivity contribution >= 4 is 38.6 Å². The van der Waals surface area contributed by atoms with E-state index in [9.17, 15) is 18.0 Å². The lowest BCUT2D eigenvalue weighted by Crippen LogP contribution is -2.44. The van der Waals surface area contributed by atoms with E-state index in [-0.39, 0.29) is 17.7 Å². The molecule has 11 heteroatoms. The molecular formula is C26H25F3N6OSi. The van der Waals surface area contributed by atoms with Gasteiger partial charge in [0.15, 0.2) is 5.65 Å². The number of alkyl halides is 2. The van der Waals surface area contributed by atoms with Crippen molar-refractivity contribution in [2.75, 3.05) is 11.9 Å². The van der Waals surface area contributed by atoms with Gasteiger partial charge in [0.1, 0.15) is 5.82 Å². The van der Waals surface area contributed by atoms with Crippen molar-refractivity contribution in [1.82, 2.24) is 24.5 Å². The highest BCUT2D eigenvalue weighted by atomic mass is 28.1. The molecule has 0 aliphatic carbocycles. The number of carbonyl (C=O) groups excluding carboxylic acids is 1. The first-order valence-electron chi connectivity index (χ1n) is 11.7. The lowest BCUT2D eigenvalue weighted by Gasteiger charge is -2.27. The van der Waals surface area contributed by atoms with Crippen LogP contribution < -0.4 is 10.6 Å². The van der Waals surface area contributed by atoms with E-state index < -0.39 is 18.1 Å². The van der Waals surface area contributed by atoms with Crippen LogP contribution in [0, 0.1) is 5.82 Å². The number of aromatic nitrogens is 4. The Bertz CT molecular complexity index is 1630. The Labute approximate surface area is 213 Å². The molecule has 2 N–H and O–H groups in total. The molecule has 3 aromatic heterocycles. The van der Waals surface area contributed by atoms with Gasteiger partial charge in [0.2, 0.25) is 5.95 Å². The van der Waals surface area contributed by atoms with Crippen LogP contribution in [0.25, 0.3) is 27.7 Å². The molecule has 5 rings (SSSR count). The number of nitrogens with one attached hydrogen (secondary N) is 2. The second-order valence-electron chi connectivity index (χ2n) is 9.40. The van der Waals surface area contributed by atoms with Gasteiger partial charge >= 0.3 is 0 Å². The molecule has 2 aromatic carbocycles. The lowest BCUT2D eigenvalue weighted by atomic mass is 10.0. The summed E-state index contributed by atoms with van der Waals surface area (Å²) in [4.78, 5) is 17.7. The number of carbonyl (C=O) groups is 1. The van der Waals surface area contributed by atoms with Crippen LogP contribution >= 0.6 is 0 Å². The predicted octanol–water partition coefficient (Wildman–Crippen LogP) is 3.67. The third-order valence-electron chi connectivity index (χ3n) is 6.29. The fourth-order valence-electron chi connectivity index (χ4n) is 4.36. The zero-order valence-corrected chi connectivity index (χ0v) is 22.5. The second kappa shape index (κ2) is 9.39. The predicted molar refractivity (Wildman–Crippen MR) is 141 cm³/mol. The Hall–Kier alpha value is -4.12. The van der Waals surface area contributed by atoms with Gasteiger partial charge in [0.05, 0.1) is 12.1 Å². The van der Waals surface area contributed by atoms with E-state index >= 15 is 0 Å². The molecule has 0 spiro atoms. The minimum absolute atomic E-state index is 0.124. The highest BCUT2D eigenvalue weighted by Crippen LogP contribution is 2.29. The average Bonchev–Trinajstić information content (AvgIpc) is 3.42. The first kappa shape index (κ1) is 24.6. The number of anilines is 1. The molecule has 0 bridgehead atoms. The largest absolute Gasteiger partial charge is 0.350 e. The number of hydrogen-bond acceptors (Lipinski definition) is 4. The van der Waals surface area contributed by atoms with Crippen LogP contribution in [0.4, 0.5) is 19.1 Å². The van der Waals surface area contributed by atoms with Crippen LogP contribution in [0.5, 0.6) is 0 Å². The van der Waals surface area contributed by atoms with Crippen LogP contribution in [0.2, 0.25) is 0 Å². The highest BCUT2D eigenvalue weighted by Gasteiger charge is 2.25. The molecule has 0 aliphatic heterocycles. The summed E-state index contributed by atoms with van der Waals surface area (Å²) in [6, 6.07) is 15.8. The maximum atomic E-state index is 13.8. The summed E-state index contributed by atoms with van der Waals surface area (Å²) in [6.07, 6.45) is 0.989. The summed E-state index contributed by atoms with van der Waals surface area (Å²) in [6.45, 7) is 1.36. The summed E-state index contributed by atoms with van der Waals surface area (Å²) < 4.78 is 42.2. The van der Waals surface area contributed by atoms with E-state index in [1.54, 1.807) is 18.5 Å². The first-order chi connectivity index (χ1) is 17.6. The van der Waals surface area contributed by atoms with E-state index in [0.29, 0.717) is 21.5 Å². The van der Waals surface area contributed by atoms with Gasteiger partial charge in [-0.05, 0) is 60.0 Å². The standard InChI is InChI=1S/C26H25F3N6OSi/c1-26(37,17-4-3-5-18(27)12-17)32-24(36)20-14-34(2)21-7-6-15(10-19(20)21)16-8-9-35-23(11-16)31-25(33-35)30-13-22(28)29/h3-12,14,22H,13H2,1-2,37H3,(H,30,33)(H,32,36). The van der Waals surface area contributed by atoms with Gasteiger partial charge in [-0.2, -0.15) is 4.98 Å². The number of pyridine rings is 1. The Kier molecular flexibility index (Phi) is 6.24. The van der Waals surface area contributed by atoms with Gasteiger partial charge in [0.25, 0.3) is 12.3 Å². The van der Waals surface area contributed by atoms with Gasteiger partial charge in [-0.25, -0.2) is 17.7 Å². The van der Waals surface area contributed by atoms with E-state index in [1.165, 1.54) is 16.6 Å². The Balaban J connectivity index is 1.47. The van der Waals surface area contributed by atoms with Gasteiger partial charge < -0.3 is 15.2 Å². The maximum absolute atomic E-state index is 13.8. The van der Waals surface area contributed by atoms with Crippen molar-refractivity contribution in [2.45, 2.75) is 18.5 Å². The maximum Gasteiger partial charge on any atom is 0.255 e. The van der Waals surface area contributed by atoms with Gasteiger partial charge in [-0.15, -0.1) is 5.10 Å². The Morgan fingerprint density at radius 2 is 1.92 bits per heavy atom. The minimum atomic E-state index is -2.51. The summed E-state index contributed by atoms with van der Waals surface area (Å²) in [5.74, 6) is -0.461. The quantitative estimate of drug-likeness (QED) is 0.320. The first-order valence-corrected chi connectivity index (χ1v) is 12.7. The molecular weight excluding hydrogens is 497 g/mol. The molecule has 0 radical (unpaired) electrons. The van der Waals surface area contributed by atoms with Crippen LogP contribution in [-0.4, -0.2) is 48.3 Å². The Morgan fingerprint density at radius 3 is 2.68 bits per heavy atom. The molecule has 0 saturated carbocycles. The number of rotatable bonds is 7. The monoisotopic (exact) mass is 522 g/mol. The van der Waals surface area contributed by atoms with Crippen LogP contribution in [-0.2, 0) is 12.2 Å². The fraction of sp³-hybridized carbons (Fsp3) is 0.192. The normalized spacial score (nSPS) is 13.4. The van der Waals surface area contributed by atoms with Gasteiger partial charge in [0, 0.05) is 45.7 Å².